The van der Waals surface area contributed by atoms with Crippen LogP contribution in [0.1, 0.15) is 19.8 Å². The molecular weight excluding hydrogens is 156 g/mol. The van der Waals surface area contributed by atoms with Crippen molar-refractivity contribution in [3.63, 3.8) is 0 Å². The van der Waals surface area contributed by atoms with Crippen molar-refractivity contribution in [1.29, 1.82) is 0 Å². The van der Waals surface area contributed by atoms with Crippen molar-refractivity contribution in [3.8, 4) is 0 Å². The molecule has 60 valence electrons. The molecule has 0 aromatic heterocycles. The number of hydrogen-bond donors (Lipinski definition) is 1. The molecule has 0 saturated carbocycles. The lowest BCUT2D eigenvalue weighted by atomic mass is 10.3. The highest BCUT2D eigenvalue weighted by Crippen LogP contribution is 1.89. The number of esters is 1. The third kappa shape index (κ3) is 5.55. The first-order valence-corrected chi connectivity index (χ1v) is 4.30. The Hall–Kier alpha value is -0.580. The van der Waals surface area contributed by atoms with E-state index >= 15 is 0 Å². The normalized spacial score (nSPS) is 9.80. The highest BCUT2D eigenvalue weighted by molar-refractivity contribution is 7.72. The second-order valence-electron chi connectivity index (χ2n) is 1.73. The zero-order chi connectivity index (χ0) is 7.98. The molecule has 0 bridgehead atoms. The summed E-state index contributed by atoms with van der Waals surface area (Å²) in [7, 11) is -2.59. The van der Waals surface area contributed by atoms with E-state index in [0.717, 1.165) is 0 Å². The number of thiol groups is 1. The third-order valence-electron chi connectivity index (χ3n) is 0.785. The van der Waals surface area contributed by atoms with E-state index in [2.05, 4.69) is 4.74 Å². The predicted molar refractivity (Wildman–Crippen MR) is 36.2 cm³/mol. The van der Waals surface area contributed by atoms with Gasteiger partial charge in [0.25, 0.3) is 0 Å². The van der Waals surface area contributed by atoms with Crippen molar-refractivity contribution in [2.24, 2.45) is 0 Å². The molecular formula is C5H10O4S. The minimum absolute atomic E-state index is 0.281. The Balaban J connectivity index is 3.40. The SMILES string of the molecule is CCCC(=O)OC[SH](=O)=O. The van der Waals surface area contributed by atoms with Crippen LogP contribution in [-0.4, -0.2) is 20.3 Å². The highest BCUT2D eigenvalue weighted by atomic mass is 32.2. The summed E-state index contributed by atoms with van der Waals surface area (Å²) in [6.07, 6.45) is 0.956. The molecule has 0 amide bonds. The molecule has 0 fully saturated rings. The fraction of sp³-hybridized carbons (Fsp3) is 0.800. The van der Waals surface area contributed by atoms with Crippen LogP contribution in [0.2, 0.25) is 0 Å². The number of rotatable bonds is 4. The molecule has 0 aliphatic carbocycles. The van der Waals surface area contributed by atoms with Crippen LogP contribution < -0.4 is 0 Å². The van der Waals surface area contributed by atoms with Gasteiger partial charge in [-0.2, -0.15) is 0 Å². The second-order valence-corrected chi connectivity index (χ2v) is 2.65. The lowest BCUT2D eigenvalue weighted by Gasteiger charge is -1.96. The van der Waals surface area contributed by atoms with Gasteiger partial charge in [0.1, 0.15) is 0 Å². The summed E-state index contributed by atoms with van der Waals surface area (Å²) in [6, 6.07) is 0. The van der Waals surface area contributed by atoms with Gasteiger partial charge in [-0.15, -0.1) is 0 Å². The molecule has 0 unspecified atom stereocenters. The lowest BCUT2D eigenvalue weighted by Crippen LogP contribution is -2.05. The Morgan fingerprint density at radius 2 is 2.10 bits per heavy atom. The number of hydrogen-bond acceptors (Lipinski definition) is 4. The van der Waals surface area contributed by atoms with Gasteiger partial charge in [-0.25, -0.2) is 8.42 Å². The first-order chi connectivity index (χ1) is 4.66. The maximum Gasteiger partial charge on any atom is 0.306 e. The molecule has 0 rings (SSSR count). The summed E-state index contributed by atoms with van der Waals surface area (Å²) in [6.45, 7) is 1.82. The first-order valence-electron chi connectivity index (χ1n) is 2.94. The third-order valence-corrected chi connectivity index (χ3v) is 1.12. The summed E-state index contributed by atoms with van der Waals surface area (Å²) in [5, 5.41) is 0. The van der Waals surface area contributed by atoms with Gasteiger partial charge in [0, 0.05) is 6.42 Å². The number of ether oxygens (including phenoxy) is 1. The lowest BCUT2D eigenvalue weighted by molar-refractivity contribution is -0.141. The highest BCUT2D eigenvalue weighted by Gasteiger charge is 1.99. The van der Waals surface area contributed by atoms with E-state index in [1.807, 2.05) is 6.92 Å². The van der Waals surface area contributed by atoms with Gasteiger partial charge in [0.15, 0.2) is 16.6 Å². The minimum atomic E-state index is -2.59. The van der Waals surface area contributed by atoms with E-state index in [0.29, 0.717) is 6.42 Å². The minimum Gasteiger partial charge on any atom is -0.450 e. The van der Waals surface area contributed by atoms with Crippen molar-refractivity contribution in [2.75, 3.05) is 5.94 Å². The zero-order valence-electron chi connectivity index (χ0n) is 5.70. The van der Waals surface area contributed by atoms with Crippen LogP contribution in [0, 0.1) is 0 Å². The van der Waals surface area contributed by atoms with Crippen molar-refractivity contribution >= 4 is 16.7 Å². The van der Waals surface area contributed by atoms with E-state index in [9.17, 15) is 13.2 Å². The largest absolute Gasteiger partial charge is 0.450 e. The van der Waals surface area contributed by atoms with Gasteiger partial charge in [-0.1, -0.05) is 6.92 Å². The molecule has 0 aliphatic heterocycles. The van der Waals surface area contributed by atoms with E-state index < -0.39 is 22.6 Å². The Morgan fingerprint density at radius 1 is 1.50 bits per heavy atom. The molecule has 0 heterocycles. The topological polar surface area (TPSA) is 60.4 Å². The Labute approximate surface area is 61.1 Å². The van der Waals surface area contributed by atoms with Crippen molar-refractivity contribution < 1.29 is 17.9 Å². The molecule has 0 N–H and O–H groups in total. The van der Waals surface area contributed by atoms with Gasteiger partial charge in [0.2, 0.25) is 0 Å². The van der Waals surface area contributed by atoms with Crippen LogP contribution >= 0.6 is 0 Å². The molecule has 0 spiro atoms. The van der Waals surface area contributed by atoms with E-state index in [1.165, 1.54) is 0 Å². The van der Waals surface area contributed by atoms with Gasteiger partial charge in [-0.3, -0.25) is 4.79 Å². The van der Waals surface area contributed by atoms with E-state index in [-0.39, 0.29) is 6.42 Å². The zero-order valence-corrected chi connectivity index (χ0v) is 6.60. The van der Waals surface area contributed by atoms with Crippen molar-refractivity contribution in [2.45, 2.75) is 19.8 Å². The van der Waals surface area contributed by atoms with E-state index in [1.54, 1.807) is 0 Å². The summed E-state index contributed by atoms with van der Waals surface area (Å²) in [5.74, 6) is -0.949. The van der Waals surface area contributed by atoms with Gasteiger partial charge in [0.05, 0.1) is 0 Å². The summed E-state index contributed by atoms with van der Waals surface area (Å²) >= 11 is 0. The van der Waals surface area contributed by atoms with Crippen LogP contribution in [-0.2, 0) is 20.2 Å². The van der Waals surface area contributed by atoms with Crippen LogP contribution in [0.25, 0.3) is 0 Å². The average molecular weight is 166 g/mol. The second kappa shape index (κ2) is 5.22. The Bertz CT molecular complexity index is 164. The van der Waals surface area contributed by atoms with Crippen LogP contribution in [0.5, 0.6) is 0 Å². The van der Waals surface area contributed by atoms with Gasteiger partial charge < -0.3 is 4.74 Å². The quantitative estimate of drug-likeness (QED) is 0.468. The van der Waals surface area contributed by atoms with E-state index in [4.69, 9.17) is 0 Å². The van der Waals surface area contributed by atoms with Gasteiger partial charge in [-0.05, 0) is 6.42 Å². The molecule has 0 atom stereocenters. The van der Waals surface area contributed by atoms with Gasteiger partial charge >= 0.3 is 5.97 Å². The smallest absolute Gasteiger partial charge is 0.306 e. The molecule has 0 saturated heterocycles. The van der Waals surface area contributed by atoms with Crippen LogP contribution in [0.15, 0.2) is 0 Å². The summed E-state index contributed by atoms with van der Waals surface area (Å²) in [5.41, 5.74) is 0. The average Bonchev–Trinajstić information content (AvgIpc) is 1.85. The number of carbonyl (C=O) groups is 1. The first kappa shape index (κ1) is 9.42. The molecule has 0 radical (unpaired) electrons. The summed E-state index contributed by atoms with van der Waals surface area (Å²) in [4.78, 5) is 10.5. The summed E-state index contributed by atoms with van der Waals surface area (Å²) < 4.78 is 24.0. The fourth-order valence-corrected chi connectivity index (χ4v) is 0.650. The van der Waals surface area contributed by atoms with Crippen LogP contribution in [0.4, 0.5) is 0 Å². The molecule has 10 heavy (non-hydrogen) atoms. The fourth-order valence-electron chi connectivity index (χ4n) is 0.401. The number of carbonyl (C=O) groups excluding carboxylic acids is 1. The molecule has 0 aromatic rings. The van der Waals surface area contributed by atoms with Crippen molar-refractivity contribution in [1.82, 2.24) is 0 Å². The molecule has 5 heteroatoms. The maximum absolute atomic E-state index is 10.5. The maximum atomic E-state index is 10.5. The molecule has 0 aromatic carbocycles. The molecule has 4 nitrogen and oxygen atoms in total. The molecule has 0 aliphatic rings. The Morgan fingerprint density at radius 3 is 2.50 bits per heavy atom. The predicted octanol–water partition coefficient (Wildman–Crippen LogP) is -0.101. The standard InChI is InChI=1S/C5H10O4S/c1-2-3-5(6)9-4-10(7)8/h10H,2-4H2,1H3. The Kier molecular flexibility index (Phi) is 4.92. The van der Waals surface area contributed by atoms with Crippen molar-refractivity contribution in [3.05, 3.63) is 0 Å². The monoisotopic (exact) mass is 166 g/mol. The van der Waals surface area contributed by atoms with Crippen LogP contribution in [0.3, 0.4) is 0 Å².